The van der Waals surface area contributed by atoms with Crippen LogP contribution in [-0.4, -0.2) is 44.1 Å². The summed E-state index contributed by atoms with van der Waals surface area (Å²) < 4.78 is 0. The fraction of sp³-hybridized carbons (Fsp3) is 0.667. The molecule has 16 heavy (non-hydrogen) atoms. The van der Waals surface area contributed by atoms with Crippen molar-refractivity contribution in [1.29, 1.82) is 0 Å². The minimum Gasteiger partial charge on any atom is -0.315 e. The van der Waals surface area contributed by atoms with Crippen LogP contribution in [0.2, 0.25) is 0 Å². The lowest BCUT2D eigenvalue weighted by atomic mass is 10.2. The van der Waals surface area contributed by atoms with Gasteiger partial charge in [0, 0.05) is 11.4 Å². The third kappa shape index (κ3) is 4.87. The van der Waals surface area contributed by atoms with E-state index in [0.717, 1.165) is 13.1 Å². The molecule has 1 unspecified atom stereocenters. The largest absolute Gasteiger partial charge is 0.315 e. The fourth-order valence-corrected chi connectivity index (χ4v) is 2.95. The Kier molecular flexibility index (Phi) is 7.12. The van der Waals surface area contributed by atoms with Crippen LogP contribution in [0.5, 0.6) is 0 Å². The maximum Gasteiger partial charge on any atom is 0.0561 e. The van der Waals surface area contributed by atoms with E-state index in [2.05, 4.69) is 48.1 Å². The lowest BCUT2D eigenvalue weighted by Crippen LogP contribution is -2.31. The Morgan fingerprint density at radius 3 is 2.88 bits per heavy atom. The molecule has 0 aliphatic carbocycles. The second kappa shape index (κ2) is 8.12. The Hall–Kier alpha value is -0.0300. The molecule has 0 fully saturated rings. The molecule has 1 aromatic heterocycles. The van der Waals surface area contributed by atoms with Crippen molar-refractivity contribution in [3.63, 3.8) is 0 Å². The molecule has 0 bridgehead atoms. The molecule has 92 valence electrons. The van der Waals surface area contributed by atoms with Crippen molar-refractivity contribution in [2.75, 3.05) is 39.2 Å². The summed E-state index contributed by atoms with van der Waals surface area (Å²) in [5.74, 6) is 1.25. The van der Waals surface area contributed by atoms with Crippen LogP contribution in [0.15, 0.2) is 17.5 Å². The van der Waals surface area contributed by atoms with Gasteiger partial charge in [-0.25, -0.2) is 0 Å². The standard InChI is InChI=1S/C12H22N2S2/c1-14(2)11(12-6-4-9-16-12)10-13-7-5-8-15-3/h4,6,9,11,13H,5,7-8,10H2,1-3H3. The highest BCUT2D eigenvalue weighted by atomic mass is 32.2. The monoisotopic (exact) mass is 258 g/mol. The van der Waals surface area contributed by atoms with E-state index in [1.165, 1.54) is 17.1 Å². The Morgan fingerprint density at radius 2 is 2.31 bits per heavy atom. The molecular formula is C12H22N2S2. The van der Waals surface area contributed by atoms with E-state index >= 15 is 0 Å². The molecule has 0 amide bonds. The van der Waals surface area contributed by atoms with E-state index < -0.39 is 0 Å². The fourth-order valence-electron chi connectivity index (χ4n) is 1.60. The van der Waals surface area contributed by atoms with Crippen LogP contribution in [0.1, 0.15) is 17.3 Å². The molecule has 1 rings (SSSR count). The summed E-state index contributed by atoms with van der Waals surface area (Å²) in [7, 11) is 4.29. The van der Waals surface area contributed by atoms with Crippen LogP contribution in [0.4, 0.5) is 0 Å². The molecule has 1 atom stereocenters. The summed E-state index contributed by atoms with van der Waals surface area (Å²) in [6, 6.07) is 4.86. The van der Waals surface area contributed by atoms with Crippen molar-refractivity contribution in [3.8, 4) is 0 Å². The van der Waals surface area contributed by atoms with Gasteiger partial charge in [0.25, 0.3) is 0 Å². The van der Waals surface area contributed by atoms with Gasteiger partial charge in [-0.2, -0.15) is 11.8 Å². The van der Waals surface area contributed by atoms with Crippen molar-refractivity contribution in [1.82, 2.24) is 10.2 Å². The Labute approximate surface area is 107 Å². The maximum atomic E-state index is 3.54. The topological polar surface area (TPSA) is 15.3 Å². The third-order valence-electron chi connectivity index (χ3n) is 2.53. The van der Waals surface area contributed by atoms with Gasteiger partial charge in [-0.15, -0.1) is 11.3 Å². The van der Waals surface area contributed by atoms with Crippen LogP contribution >= 0.6 is 23.1 Å². The number of likely N-dealkylation sites (N-methyl/N-ethyl adjacent to an activating group) is 1. The van der Waals surface area contributed by atoms with Crippen molar-refractivity contribution >= 4 is 23.1 Å². The highest BCUT2D eigenvalue weighted by molar-refractivity contribution is 7.98. The van der Waals surface area contributed by atoms with E-state index in [-0.39, 0.29) is 0 Å². The predicted octanol–water partition coefficient (Wildman–Crippen LogP) is 2.69. The molecule has 0 spiro atoms. The van der Waals surface area contributed by atoms with E-state index in [1.54, 1.807) is 0 Å². The molecule has 4 heteroatoms. The molecule has 0 radical (unpaired) electrons. The van der Waals surface area contributed by atoms with Crippen molar-refractivity contribution in [2.45, 2.75) is 12.5 Å². The smallest absolute Gasteiger partial charge is 0.0561 e. The van der Waals surface area contributed by atoms with E-state index in [0.29, 0.717) is 6.04 Å². The first kappa shape index (κ1) is 14.0. The minimum atomic E-state index is 0.509. The minimum absolute atomic E-state index is 0.509. The molecule has 1 aromatic rings. The van der Waals surface area contributed by atoms with Gasteiger partial charge >= 0.3 is 0 Å². The van der Waals surface area contributed by atoms with Gasteiger partial charge in [0.15, 0.2) is 0 Å². The van der Waals surface area contributed by atoms with Crippen molar-refractivity contribution in [3.05, 3.63) is 22.4 Å². The lowest BCUT2D eigenvalue weighted by Gasteiger charge is -2.23. The molecule has 0 aliphatic heterocycles. The number of thiophene rings is 1. The number of nitrogens with one attached hydrogen (secondary N) is 1. The van der Waals surface area contributed by atoms with Crippen LogP contribution in [0, 0.1) is 0 Å². The molecule has 1 heterocycles. The molecule has 2 nitrogen and oxygen atoms in total. The summed E-state index contributed by atoms with van der Waals surface area (Å²) in [6.07, 6.45) is 3.42. The van der Waals surface area contributed by atoms with Crippen LogP contribution in [0.3, 0.4) is 0 Å². The SMILES string of the molecule is CSCCCNCC(c1cccs1)N(C)C. The Balaban J connectivity index is 2.30. The van der Waals surface area contributed by atoms with E-state index in [9.17, 15) is 0 Å². The van der Waals surface area contributed by atoms with Gasteiger partial charge in [0.2, 0.25) is 0 Å². The molecule has 1 N–H and O–H groups in total. The van der Waals surface area contributed by atoms with Crippen molar-refractivity contribution in [2.24, 2.45) is 0 Å². The molecule has 0 aromatic carbocycles. The van der Waals surface area contributed by atoms with Gasteiger partial charge in [0.05, 0.1) is 6.04 Å². The zero-order chi connectivity index (χ0) is 11.8. The average Bonchev–Trinajstić information content (AvgIpc) is 2.76. The third-order valence-corrected chi connectivity index (χ3v) is 4.21. The van der Waals surface area contributed by atoms with Crippen LogP contribution in [-0.2, 0) is 0 Å². The summed E-state index contributed by atoms with van der Waals surface area (Å²) in [6.45, 7) is 2.17. The molecule has 0 saturated carbocycles. The summed E-state index contributed by atoms with van der Waals surface area (Å²) in [4.78, 5) is 3.73. The number of thioether (sulfide) groups is 1. The number of nitrogens with zero attached hydrogens (tertiary/aromatic N) is 1. The zero-order valence-corrected chi connectivity index (χ0v) is 12.0. The van der Waals surface area contributed by atoms with Gasteiger partial charge in [-0.3, -0.25) is 0 Å². The van der Waals surface area contributed by atoms with Crippen molar-refractivity contribution < 1.29 is 0 Å². The first-order valence-corrected chi connectivity index (χ1v) is 7.92. The zero-order valence-electron chi connectivity index (χ0n) is 10.4. The summed E-state index contributed by atoms with van der Waals surface area (Å²) >= 11 is 3.76. The second-order valence-corrected chi connectivity index (χ2v) is 6.01. The maximum absolute atomic E-state index is 3.54. The van der Waals surface area contributed by atoms with Gasteiger partial charge in [0.1, 0.15) is 0 Å². The van der Waals surface area contributed by atoms with Crippen LogP contribution in [0.25, 0.3) is 0 Å². The summed E-state index contributed by atoms with van der Waals surface area (Å²) in [5.41, 5.74) is 0. The molecule has 0 aliphatic rings. The first-order chi connectivity index (χ1) is 7.75. The average molecular weight is 258 g/mol. The number of rotatable bonds is 8. The number of hydrogen-bond acceptors (Lipinski definition) is 4. The van der Waals surface area contributed by atoms with E-state index in [4.69, 9.17) is 0 Å². The second-order valence-electron chi connectivity index (χ2n) is 4.05. The normalized spacial score (nSPS) is 13.2. The Bertz CT molecular complexity index is 260. The molecule has 0 saturated heterocycles. The Morgan fingerprint density at radius 1 is 1.50 bits per heavy atom. The predicted molar refractivity (Wildman–Crippen MR) is 76.6 cm³/mol. The van der Waals surface area contributed by atoms with Gasteiger partial charge < -0.3 is 10.2 Å². The van der Waals surface area contributed by atoms with Gasteiger partial charge in [-0.05, 0) is 50.5 Å². The van der Waals surface area contributed by atoms with Crippen LogP contribution < -0.4 is 5.32 Å². The van der Waals surface area contributed by atoms with Gasteiger partial charge in [-0.1, -0.05) is 6.07 Å². The highest BCUT2D eigenvalue weighted by Crippen LogP contribution is 2.22. The first-order valence-electron chi connectivity index (χ1n) is 5.65. The molecular weight excluding hydrogens is 236 g/mol. The lowest BCUT2D eigenvalue weighted by molar-refractivity contribution is 0.293. The quantitative estimate of drug-likeness (QED) is 0.722. The number of hydrogen-bond donors (Lipinski definition) is 1. The van der Waals surface area contributed by atoms with E-state index in [1.807, 2.05) is 23.1 Å². The summed E-state index contributed by atoms with van der Waals surface area (Å²) in [5, 5.41) is 5.69. The highest BCUT2D eigenvalue weighted by Gasteiger charge is 2.13.